The van der Waals surface area contributed by atoms with Crippen molar-refractivity contribution in [2.24, 2.45) is 0 Å². The second-order valence-corrected chi connectivity index (χ2v) is 6.75. The molecule has 1 aliphatic heterocycles. The van der Waals surface area contributed by atoms with Crippen LogP contribution in [0.1, 0.15) is 35.4 Å². The van der Waals surface area contributed by atoms with Crippen molar-refractivity contribution >= 4 is 16.9 Å². The third-order valence-corrected chi connectivity index (χ3v) is 5.04. The zero-order valence-corrected chi connectivity index (χ0v) is 15.2. The predicted octanol–water partition coefficient (Wildman–Crippen LogP) is 3.97. The number of benzene rings is 2. The highest BCUT2D eigenvalue weighted by Gasteiger charge is 2.19. The van der Waals surface area contributed by atoms with Gasteiger partial charge in [-0.1, -0.05) is 0 Å². The summed E-state index contributed by atoms with van der Waals surface area (Å²) in [6, 6.07) is 13.7. The summed E-state index contributed by atoms with van der Waals surface area (Å²) >= 11 is 0. The van der Waals surface area contributed by atoms with E-state index in [1.165, 1.54) is 6.42 Å². The van der Waals surface area contributed by atoms with Crippen LogP contribution in [-0.2, 0) is 0 Å². The van der Waals surface area contributed by atoms with Crippen molar-refractivity contribution in [2.45, 2.75) is 26.2 Å². The number of nitrogens with zero attached hydrogens (tertiary/aromatic N) is 3. The van der Waals surface area contributed by atoms with Crippen LogP contribution in [0.5, 0.6) is 5.75 Å². The van der Waals surface area contributed by atoms with Gasteiger partial charge in [-0.15, -0.1) is 0 Å². The van der Waals surface area contributed by atoms with Crippen molar-refractivity contribution in [3.63, 3.8) is 0 Å². The Hall–Kier alpha value is -2.82. The molecule has 1 amide bonds. The second-order valence-electron chi connectivity index (χ2n) is 6.75. The first-order valence-corrected chi connectivity index (χ1v) is 9.10. The maximum absolute atomic E-state index is 12.8. The number of fused-ring (bicyclic) bond motifs is 1. The van der Waals surface area contributed by atoms with Crippen LogP contribution >= 0.6 is 0 Å². The number of hydrogen-bond acceptors (Lipinski definition) is 3. The van der Waals surface area contributed by atoms with Gasteiger partial charge in [-0.05, 0) is 68.7 Å². The molecular weight excluding hydrogens is 326 g/mol. The van der Waals surface area contributed by atoms with E-state index in [-0.39, 0.29) is 5.91 Å². The van der Waals surface area contributed by atoms with Crippen molar-refractivity contribution in [1.82, 2.24) is 14.5 Å². The van der Waals surface area contributed by atoms with Crippen LogP contribution in [0.3, 0.4) is 0 Å². The summed E-state index contributed by atoms with van der Waals surface area (Å²) in [5, 5.41) is 0. The van der Waals surface area contributed by atoms with Crippen molar-refractivity contribution in [3.05, 3.63) is 53.9 Å². The van der Waals surface area contributed by atoms with E-state index in [0.717, 1.165) is 59.8 Å². The lowest BCUT2D eigenvalue weighted by molar-refractivity contribution is 0.0724. The van der Waals surface area contributed by atoms with Crippen LogP contribution < -0.4 is 4.74 Å². The number of aromatic nitrogens is 2. The Kier molecular flexibility index (Phi) is 4.37. The molecule has 0 saturated carbocycles. The lowest BCUT2D eigenvalue weighted by Gasteiger charge is -2.26. The van der Waals surface area contributed by atoms with Gasteiger partial charge < -0.3 is 9.64 Å². The highest BCUT2D eigenvalue weighted by Crippen LogP contribution is 2.25. The first-order chi connectivity index (χ1) is 12.7. The highest BCUT2D eigenvalue weighted by atomic mass is 16.5. The van der Waals surface area contributed by atoms with E-state index >= 15 is 0 Å². The summed E-state index contributed by atoms with van der Waals surface area (Å²) in [5.41, 5.74) is 3.60. The van der Waals surface area contributed by atoms with E-state index in [1.807, 2.05) is 54.3 Å². The largest absolute Gasteiger partial charge is 0.497 e. The van der Waals surface area contributed by atoms with Crippen LogP contribution in [0.4, 0.5) is 0 Å². The minimum atomic E-state index is 0.114. The number of ether oxygens (including phenoxy) is 1. The summed E-state index contributed by atoms with van der Waals surface area (Å²) in [7, 11) is 1.66. The number of amides is 1. The van der Waals surface area contributed by atoms with Crippen molar-refractivity contribution < 1.29 is 9.53 Å². The third kappa shape index (κ3) is 2.94. The second kappa shape index (κ2) is 6.83. The zero-order valence-electron chi connectivity index (χ0n) is 15.2. The number of hydrogen-bond donors (Lipinski definition) is 0. The molecule has 2 heterocycles. The Labute approximate surface area is 153 Å². The van der Waals surface area contributed by atoms with Gasteiger partial charge >= 0.3 is 0 Å². The number of carbonyl (C=O) groups excluding carboxylic acids is 1. The van der Waals surface area contributed by atoms with Gasteiger partial charge in [0.25, 0.3) is 5.91 Å². The normalized spacial score (nSPS) is 14.6. The van der Waals surface area contributed by atoms with Crippen LogP contribution in [-0.4, -0.2) is 40.6 Å². The van der Waals surface area contributed by atoms with Gasteiger partial charge in [0.2, 0.25) is 0 Å². The van der Waals surface area contributed by atoms with Crippen molar-refractivity contribution in [2.75, 3.05) is 20.2 Å². The Morgan fingerprint density at radius 3 is 2.46 bits per heavy atom. The van der Waals surface area contributed by atoms with Crippen LogP contribution in [0, 0.1) is 6.92 Å². The number of aryl methyl sites for hydroxylation is 1. The molecule has 1 aromatic heterocycles. The number of likely N-dealkylation sites (tertiary alicyclic amines) is 1. The lowest BCUT2D eigenvalue weighted by Crippen LogP contribution is -2.35. The first kappa shape index (κ1) is 16.6. The quantitative estimate of drug-likeness (QED) is 0.719. The molecule has 0 spiro atoms. The Balaban J connectivity index is 1.70. The molecule has 0 aliphatic carbocycles. The SMILES string of the molecule is COc1ccc(-n2c(C)nc3cc(C(=O)N4CCCCC4)ccc32)cc1. The molecule has 0 radical (unpaired) electrons. The minimum absolute atomic E-state index is 0.114. The molecule has 3 aromatic rings. The van der Waals surface area contributed by atoms with Gasteiger partial charge in [-0.2, -0.15) is 0 Å². The fourth-order valence-electron chi connectivity index (χ4n) is 3.67. The lowest BCUT2D eigenvalue weighted by atomic mass is 10.1. The van der Waals surface area contributed by atoms with Gasteiger partial charge in [0.1, 0.15) is 11.6 Å². The van der Waals surface area contributed by atoms with Gasteiger partial charge in [0.05, 0.1) is 18.1 Å². The number of imidazole rings is 1. The van der Waals surface area contributed by atoms with Gasteiger partial charge in [-0.25, -0.2) is 4.98 Å². The van der Waals surface area contributed by atoms with Crippen LogP contribution in [0.25, 0.3) is 16.7 Å². The molecule has 2 aromatic carbocycles. The van der Waals surface area contributed by atoms with Gasteiger partial charge in [-0.3, -0.25) is 9.36 Å². The Bertz CT molecular complexity index is 938. The summed E-state index contributed by atoms with van der Waals surface area (Å²) in [5.74, 6) is 1.83. The molecule has 1 saturated heterocycles. The fraction of sp³-hybridized carbons (Fsp3) is 0.333. The summed E-state index contributed by atoms with van der Waals surface area (Å²) in [6.45, 7) is 3.70. The summed E-state index contributed by atoms with van der Waals surface area (Å²) < 4.78 is 7.34. The van der Waals surface area contributed by atoms with Gasteiger partial charge in [0, 0.05) is 24.3 Å². The molecule has 134 valence electrons. The van der Waals surface area contributed by atoms with Crippen LogP contribution in [0.2, 0.25) is 0 Å². The van der Waals surface area contributed by atoms with E-state index in [4.69, 9.17) is 4.74 Å². The zero-order chi connectivity index (χ0) is 18.1. The standard InChI is InChI=1S/C21H23N3O2/c1-15-22-19-14-16(21(25)23-12-4-3-5-13-23)6-11-20(19)24(15)17-7-9-18(26-2)10-8-17/h6-11,14H,3-5,12-13H2,1-2H3. The van der Waals surface area contributed by atoms with Crippen molar-refractivity contribution in [3.8, 4) is 11.4 Å². The molecule has 4 rings (SSSR count). The van der Waals surface area contributed by atoms with E-state index < -0.39 is 0 Å². The summed E-state index contributed by atoms with van der Waals surface area (Å²) in [4.78, 5) is 19.4. The molecule has 5 nitrogen and oxygen atoms in total. The van der Waals surface area contributed by atoms with E-state index in [1.54, 1.807) is 7.11 Å². The molecular formula is C21H23N3O2. The summed E-state index contributed by atoms with van der Waals surface area (Å²) in [6.07, 6.45) is 3.41. The maximum Gasteiger partial charge on any atom is 0.253 e. The topological polar surface area (TPSA) is 47.4 Å². The number of methoxy groups -OCH3 is 1. The molecule has 5 heteroatoms. The average molecular weight is 349 g/mol. The minimum Gasteiger partial charge on any atom is -0.497 e. The number of carbonyl (C=O) groups is 1. The van der Waals surface area contributed by atoms with E-state index in [9.17, 15) is 4.79 Å². The molecule has 1 aliphatic rings. The number of rotatable bonds is 3. The van der Waals surface area contributed by atoms with Crippen molar-refractivity contribution in [1.29, 1.82) is 0 Å². The predicted molar refractivity (Wildman–Crippen MR) is 102 cm³/mol. The molecule has 0 N–H and O–H groups in total. The van der Waals surface area contributed by atoms with E-state index in [0.29, 0.717) is 0 Å². The molecule has 0 atom stereocenters. The third-order valence-electron chi connectivity index (χ3n) is 5.04. The Morgan fingerprint density at radius 1 is 1.04 bits per heavy atom. The first-order valence-electron chi connectivity index (χ1n) is 9.10. The smallest absolute Gasteiger partial charge is 0.253 e. The number of piperidine rings is 1. The average Bonchev–Trinajstić information content (AvgIpc) is 3.03. The van der Waals surface area contributed by atoms with E-state index in [2.05, 4.69) is 9.55 Å². The van der Waals surface area contributed by atoms with Crippen LogP contribution in [0.15, 0.2) is 42.5 Å². The molecule has 1 fully saturated rings. The molecule has 0 bridgehead atoms. The molecule has 0 unspecified atom stereocenters. The monoisotopic (exact) mass is 349 g/mol. The Morgan fingerprint density at radius 2 is 1.77 bits per heavy atom. The maximum atomic E-state index is 12.8. The highest BCUT2D eigenvalue weighted by molar-refractivity contribution is 5.97. The fourth-order valence-corrected chi connectivity index (χ4v) is 3.67. The van der Waals surface area contributed by atoms with Gasteiger partial charge in [0.15, 0.2) is 0 Å². The molecule has 26 heavy (non-hydrogen) atoms.